The van der Waals surface area contributed by atoms with Crippen molar-refractivity contribution in [3.05, 3.63) is 81.1 Å². The molecule has 3 nitrogen and oxygen atoms in total. The molecule has 3 aliphatic carbocycles. The molecule has 0 saturated heterocycles. The number of nitrogens with two attached hydrogens (primary N) is 2. The number of fused-ring (bicyclic) bond motifs is 3. The van der Waals surface area contributed by atoms with Gasteiger partial charge in [-0.15, -0.1) is 0 Å². The van der Waals surface area contributed by atoms with Crippen molar-refractivity contribution >= 4 is 5.78 Å². The van der Waals surface area contributed by atoms with Crippen LogP contribution in [0.1, 0.15) is 59.7 Å². The molecule has 1 unspecified atom stereocenters. The quantitative estimate of drug-likeness (QED) is 0.803. The maximum absolute atomic E-state index is 13.1. The van der Waals surface area contributed by atoms with Gasteiger partial charge in [0.25, 0.3) is 0 Å². The lowest BCUT2D eigenvalue weighted by Gasteiger charge is -2.18. The molecule has 1 aromatic carbocycles. The third kappa shape index (κ3) is 2.86. The minimum Gasteiger partial charge on any atom is -0.398 e. The van der Waals surface area contributed by atoms with Gasteiger partial charge in [0.2, 0.25) is 0 Å². The lowest BCUT2D eigenvalue weighted by Crippen LogP contribution is -2.15. The maximum atomic E-state index is 13.1. The first-order valence-corrected chi connectivity index (χ1v) is 9.53. The molecule has 3 aliphatic rings. The van der Waals surface area contributed by atoms with Crippen LogP contribution in [0, 0.1) is 6.92 Å². The molecule has 136 valence electrons. The summed E-state index contributed by atoms with van der Waals surface area (Å²) in [7, 11) is 0. The van der Waals surface area contributed by atoms with Crippen LogP contribution in [-0.4, -0.2) is 12.3 Å². The Hall–Kier alpha value is -2.39. The molecule has 4 rings (SSSR count). The second-order valence-electron chi connectivity index (χ2n) is 6.82. The highest BCUT2D eigenvalue weighted by Crippen LogP contribution is 2.48. The van der Waals surface area contributed by atoms with Crippen LogP contribution in [0.2, 0.25) is 0 Å². The van der Waals surface area contributed by atoms with Crippen molar-refractivity contribution in [3.63, 3.8) is 0 Å². The summed E-state index contributed by atoms with van der Waals surface area (Å²) >= 11 is 0. The van der Waals surface area contributed by atoms with Crippen molar-refractivity contribution in [1.82, 2.24) is 0 Å². The lowest BCUT2D eigenvalue weighted by atomic mass is 9.86. The standard InChI is InChI=1S/C21H22N2O.C2H6/c1-12-6-9-15(21(24)16-4-2-3-5-18(16)23)17-10-13-7-8-14(11-22)20(13)19(12)17;1-2/h3,5-9,20H,2,4,10-11,22-23H2,1H3;1-2H3. The fraction of sp³-hybridized carbons (Fsp3) is 0.348. The normalized spacial score (nSPS) is 20.1. The van der Waals surface area contributed by atoms with Crippen LogP contribution >= 0.6 is 0 Å². The highest BCUT2D eigenvalue weighted by atomic mass is 16.1. The Labute approximate surface area is 156 Å². The van der Waals surface area contributed by atoms with E-state index in [-0.39, 0.29) is 11.7 Å². The molecular formula is C23H28N2O. The first-order chi connectivity index (χ1) is 12.6. The van der Waals surface area contributed by atoms with Crippen molar-refractivity contribution in [3.8, 4) is 0 Å². The molecule has 1 aromatic rings. The smallest absolute Gasteiger partial charge is 0.191 e. The Morgan fingerprint density at radius 3 is 2.69 bits per heavy atom. The zero-order valence-corrected chi connectivity index (χ0v) is 15.9. The van der Waals surface area contributed by atoms with Gasteiger partial charge < -0.3 is 11.5 Å². The van der Waals surface area contributed by atoms with Gasteiger partial charge in [-0.1, -0.05) is 49.8 Å². The second-order valence-corrected chi connectivity index (χ2v) is 6.82. The van der Waals surface area contributed by atoms with E-state index < -0.39 is 0 Å². The molecule has 0 amide bonds. The van der Waals surface area contributed by atoms with Crippen LogP contribution in [0.4, 0.5) is 0 Å². The van der Waals surface area contributed by atoms with Crippen LogP contribution in [0.15, 0.2) is 58.9 Å². The molecule has 0 bridgehead atoms. The summed E-state index contributed by atoms with van der Waals surface area (Å²) in [4.78, 5) is 13.1. The Balaban J connectivity index is 0.000000948. The molecule has 0 fully saturated rings. The number of hydrogen-bond donors (Lipinski definition) is 2. The predicted octanol–water partition coefficient (Wildman–Crippen LogP) is 4.23. The topological polar surface area (TPSA) is 69.1 Å². The van der Waals surface area contributed by atoms with Gasteiger partial charge in [0.15, 0.2) is 5.78 Å². The van der Waals surface area contributed by atoms with E-state index in [9.17, 15) is 4.79 Å². The summed E-state index contributed by atoms with van der Waals surface area (Å²) in [6.07, 6.45) is 10.6. The van der Waals surface area contributed by atoms with E-state index in [1.807, 2.05) is 32.1 Å². The van der Waals surface area contributed by atoms with E-state index in [0.717, 1.165) is 30.4 Å². The number of carbonyl (C=O) groups excluding carboxylic acids is 1. The zero-order chi connectivity index (χ0) is 18.8. The maximum Gasteiger partial charge on any atom is 0.191 e. The Morgan fingerprint density at radius 2 is 2.00 bits per heavy atom. The highest BCUT2D eigenvalue weighted by molar-refractivity contribution is 6.11. The van der Waals surface area contributed by atoms with Gasteiger partial charge >= 0.3 is 0 Å². The van der Waals surface area contributed by atoms with Crippen molar-refractivity contribution < 1.29 is 4.79 Å². The average molecular weight is 348 g/mol. The van der Waals surface area contributed by atoms with Gasteiger partial charge in [-0.25, -0.2) is 0 Å². The minimum atomic E-state index is 0.0898. The molecule has 0 spiro atoms. The Kier molecular flexibility index (Phi) is 5.28. The van der Waals surface area contributed by atoms with Gasteiger partial charge in [-0.05, 0) is 54.5 Å². The number of rotatable bonds is 3. The molecule has 0 aromatic heterocycles. The van der Waals surface area contributed by atoms with Crippen LogP contribution in [0.25, 0.3) is 0 Å². The predicted molar refractivity (Wildman–Crippen MR) is 108 cm³/mol. The van der Waals surface area contributed by atoms with Gasteiger partial charge in [0.1, 0.15) is 0 Å². The van der Waals surface area contributed by atoms with Crippen molar-refractivity contribution in [1.29, 1.82) is 0 Å². The highest BCUT2D eigenvalue weighted by Gasteiger charge is 2.36. The first-order valence-electron chi connectivity index (χ1n) is 9.53. The first kappa shape index (κ1) is 18.4. The fourth-order valence-corrected chi connectivity index (χ4v) is 4.24. The minimum absolute atomic E-state index is 0.0898. The van der Waals surface area contributed by atoms with Crippen molar-refractivity contribution in [2.45, 2.75) is 46.0 Å². The Morgan fingerprint density at radius 1 is 1.23 bits per heavy atom. The third-order valence-electron chi connectivity index (χ3n) is 5.46. The zero-order valence-electron chi connectivity index (χ0n) is 15.9. The molecule has 0 heterocycles. The monoisotopic (exact) mass is 348 g/mol. The number of Topliss-reactive ketones (excluding diaryl/α,β-unsaturated/α-hetero) is 1. The molecular weight excluding hydrogens is 320 g/mol. The van der Waals surface area contributed by atoms with Gasteiger partial charge in [-0.3, -0.25) is 4.79 Å². The molecule has 0 saturated carbocycles. The number of ketones is 1. The average Bonchev–Trinajstić information content (AvgIpc) is 3.23. The number of allylic oxidation sites excluding steroid dienone is 6. The number of aryl methyl sites for hydroxylation is 1. The third-order valence-corrected chi connectivity index (χ3v) is 5.46. The van der Waals surface area contributed by atoms with Crippen LogP contribution in [0.3, 0.4) is 0 Å². The molecule has 4 N–H and O–H groups in total. The van der Waals surface area contributed by atoms with Crippen molar-refractivity contribution in [2.24, 2.45) is 11.5 Å². The van der Waals surface area contributed by atoms with Crippen LogP contribution in [-0.2, 0) is 6.42 Å². The van der Waals surface area contributed by atoms with E-state index in [4.69, 9.17) is 11.5 Å². The summed E-state index contributed by atoms with van der Waals surface area (Å²) in [5.41, 5.74) is 20.5. The molecule has 3 heteroatoms. The summed E-state index contributed by atoms with van der Waals surface area (Å²) in [6.45, 7) is 6.68. The number of benzene rings is 1. The number of carbonyl (C=O) groups is 1. The van der Waals surface area contributed by atoms with Crippen LogP contribution < -0.4 is 11.5 Å². The van der Waals surface area contributed by atoms with Gasteiger partial charge in [0, 0.05) is 29.3 Å². The van der Waals surface area contributed by atoms with E-state index >= 15 is 0 Å². The van der Waals surface area contributed by atoms with Gasteiger partial charge in [0.05, 0.1) is 0 Å². The molecule has 1 atom stereocenters. The van der Waals surface area contributed by atoms with E-state index in [1.165, 1.54) is 27.8 Å². The SMILES string of the molecule is CC.Cc1ccc(C(=O)C2=C(N)C=CCC2)c2c1C1C(CN)=CC=C1C2. The second kappa shape index (κ2) is 7.46. The summed E-state index contributed by atoms with van der Waals surface area (Å²) in [5, 5.41) is 0. The summed E-state index contributed by atoms with van der Waals surface area (Å²) in [6, 6.07) is 4.04. The largest absolute Gasteiger partial charge is 0.398 e. The summed E-state index contributed by atoms with van der Waals surface area (Å²) < 4.78 is 0. The number of hydrogen-bond acceptors (Lipinski definition) is 3. The van der Waals surface area contributed by atoms with Crippen molar-refractivity contribution in [2.75, 3.05) is 6.54 Å². The van der Waals surface area contributed by atoms with Gasteiger partial charge in [-0.2, -0.15) is 0 Å². The lowest BCUT2D eigenvalue weighted by molar-refractivity contribution is 0.102. The molecule has 26 heavy (non-hydrogen) atoms. The molecule has 0 radical (unpaired) electrons. The van der Waals surface area contributed by atoms with E-state index in [2.05, 4.69) is 25.1 Å². The fourth-order valence-electron chi connectivity index (χ4n) is 4.24. The Bertz CT molecular complexity index is 868. The summed E-state index contributed by atoms with van der Waals surface area (Å²) in [5.74, 6) is 0.363. The van der Waals surface area contributed by atoms with E-state index in [0.29, 0.717) is 12.2 Å². The van der Waals surface area contributed by atoms with Crippen LogP contribution in [0.5, 0.6) is 0 Å². The van der Waals surface area contributed by atoms with E-state index in [1.54, 1.807) is 0 Å². The molecule has 0 aliphatic heterocycles.